The second kappa shape index (κ2) is 6.53. The molecule has 0 bridgehead atoms. The molecule has 0 atom stereocenters. The number of hydrogen-bond acceptors (Lipinski definition) is 5. The molecule has 8 heteroatoms. The predicted octanol–water partition coefficient (Wildman–Crippen LogP) is 2.87. The number of rotatable bonds is 4. The molecule has 1 aliphatic carbocycles. The van der Waals surface area contributed by atoms with Gasteiger partial charge in [0.25, 0.3) is 5.78 Å². The molecule has 0 spiro atoms. The largest absolute Gasteiger partial charge is 0.480 e. The van der Waals surface area contributed by atoms with E-state index in [0.29, 0.717) is 10.0 Å². The maximum atomic E-state index is 12.7. The number of aliphatic carboxylic acids is 1. The van der Waals surface area contributed by atoms with Crippen LogP contribution in [-0.2, 0) is 16.1 Å². The van der Waals surface area contributed by atoms with E-state index in [2.05, 4.69) is 15.9 Å². The summed E-state index contributed by atoms with van der Waals surface area (Å²) in [5.74, 6) is -3.44. The molecular weight excluding hydrogens is 406 g/mol. The number of ether oxygens (including phenoxy) is 1. The van der Waals surface area contributed by atoms with E-state index in [0.717, 1.165) is 0 Å². The first-order valence-electron chi connectivity index (χ1n) is 7.78. The standard InChI is InChI=1S/C18H14BrNO6/c1-3-26-18(25)13-8(2)20(7-12(21)22)15-14(13)11-6-9(19)4-5-10(11)16(23)17(15)24/h4-6H,3,7H2,1-2H3,(H,21,22). The van der Waals surface area contributed by atoms with Crippen molar-refractivity contribution in [2.24, 2.45) is 0 Å². The van der Waals surface area contributed by atoms with Crippen LogP contribution in [0.15, 0.2) is 22.7 Å². The molecule has 0 unspecified atom stereocenters. The van der Waals surface area contributed by atoms with Crippen molar-refractivity contribution in [3.05, 3.63) is 45.2 Å². The summed E-state index contributed by atoms with van der Waals surface area (Å²) >= 11 is 3.32. The van der Waals surface area contributed by atoms with Crippen LogP contribution in [0.25, 0.3) is 11.1 Å². The number of carboxylic acid groups (broad SMARTS) is 1. The van der Waals surface area contributed by atoms with Gasteiger partial charge < -0.3 is 14.4 Å². The molecule has 1 aromatic carbocycles. The molecule has 134 valence electrons. The van der Waals surface area contributed by atoms with Crippen LogP contribution in [0.3, 0.4) is 0 Å². The van der Waals surface area contributed by atoms with Crippen molar-refractivity contribution in [1.29, 1.82) is 0 Å². The smallest absolute Gasteiger partial charge is 0.340 e. The van der Waals surface area contributed by atoms with E-state index >= 15 is 0 Å². The Balaban J connectivity index is 2.42. The fourth-order valence-corrected chi connectivity index (χ4v) is 3.53. The molecule has 1 N–H and O–H groups in total. The molecule has 1 aliphatic rings. The molecular formula is C18H14BrNO6. The number of carboxylic acids is 1. The van der Waals surface area contributed by atoms with Crippen LogP contribution < -0.4 is 0 Å². The molecule has 0 saturated heterocycles. The SMILES string of the molecule is CCOC(=O)c1c2c(n(CC(=O)O)c1C)C(=O)C(=O)c1ccc(Br)cc1-2. The molecule has 2 aromatic rings. The zero-order valence-corrected chi connectivity index (χ0v) is 15.5. The van der Waals surface area contributed by atoms with E-state index < -0.39 is 30.0 Å². The molecule has 0 aliphatic heterocycles. The molecule has 1 heterocycles. The maximum absolute atomic E-state index is 12.7. The number of ketones is 2. The van der Waals surface area contributed by atoms with Crippen LogP contribution in [0.4, 0.5) is 0 Å². The summed E-state index contributed by atoms with van der Waals surface area (Å²) in [6.07, 6.45) is 0. The summed E-state index contributed by atoms with van der Waals surface area (Å²) in [7, 11) is 0. The third kappa shape index (κ3) is 2.66. The summed E-state index contributed by atoms with van der Waals surface area (Å²) in [6, 6.07) is 4.76. The van der Waals surface area contributed by atoms with Gasteiger partial charge in [0.15, 0.2) is 0 Å². The number of halogens is 1. The summed E-state index contributed by atoms with van der Waals surface area (Å²) in [5, 5.41) is 9.19. The highest BCUT2D eigenvalue weighted by Gasteiger charge is 2.39. The number of aromatic nitrogens is 1. The highest BCUT2D eigenvalue weighted by atomic mass is 79.9. The van der Waals surface area contributed by atoms with Crippen molar-refractivity contribution in [3.63, 3.8) is 0 Å². The van der Waals surface area contributed by atoms with Crippen LogP contribution in [0.2, 0.25) is 0 Å². The molecule has 26 heavy (non-hydrogen) atoms. The van der Waals surface area contributed by atoms with Gasteiger partial charge in [-0.15, -0.1) is 0 Å². The van der Waals surface area contributed by atoms with Gasteiger partial charge in [0.1, 0.15) is 12.2 Å². The number of carbonyl (C=O) groups excluding carboxylic acids is 3. The highest BCUT2D eigenvalue weighted by Crippen LogP contribution is 2.41. The minimum atomic E-state index is -1.19. The van der Waals surface area contributed by atoms with Gasteiger partial charge in [-0.1, -0.05) is 15.9 Å². The van der Waals surface area contributed by atoms with Crippen molar-refractivity contribution in [3.8, 4) is 11.1 Å². The second-order valence-electron chi connectivity index (χ2n) is 5.73. The van der Waals surface area contributed by atoms with Gasteiger partial charge in [-0.2, -0.15) is 0 Å². The van der Waals surface area contributed by atoms with Gasteiger partial charge in [0.05, 0.1) is 12.2 Å². The number of fused-ring (bicyclic) bond motifs is 3. The Bertz CT molecular complexity index is 988. The monoisotopic (exact) mass is 419 g/mol. The van der Waals surface area contributed by atoms with Gasteiger partial charge in [-0.25, -0.2) is 4.79 Å². The van der Waals surface area contributed by atoms with Crippen molar-refractivity contribution >= 4 is 39.4 Å². The van der Waals surface area contributed by atoms with Crippen LogP contribution in [0, 0.1) is 6.92 Å². The third-order valence-corrected chi connectivity index (χ3v) is 4.71. The van der Waals surface area contributed by atoms with Crippen molar-refractivity contribution in [2.75, 3.05) is 6.61 Å². The zero-order chi connectivity index (χ0) is 19.2. The van der Waals surface area contributed by atoms with Crippen LogP contribution in [-0.4, -0.2) is 39.8 Å². The summed E-state index contributed by atoms with van der Waals surface area (Å²) in [4.78, 5) is 49.0. The average Bonchev–Trinajstić information content (AvgIpc) is 2.85. The normalized spacial score (nSPS) is 12.6. The Hall–Kier alpha value is -2.74. The van der Waals surface area contributed by atoms with Gasteiger partial charge in [-0.05, 0) is 37.6 Å². The van der Waals surface area contributed by atoms with Gasteiger partial charge >= 0.3 is 11.9 Å². The Labute approximate surface area is 156 Å². The van der Waals surface area contributed by atoms with E-state index in [1.165, 1.54) is 17.6 Å². The van der Waals surface area contributed by atoms with Crippen molar-refractivity contribution < 1.29 is 29.0 Å². The first-order valence-corrected chi connectivity index (χ1v) is 8.58. The fraction of sp³-hybridized carbons (Fsp3) is 0.222. The lowest BCUT2D eigenvalue weighted by molar-refractivity contribution is -0.137. The first kappa shape index (κ1) is 18.1. The second-order valence-corrected chi connectivity index (χ2v) is 6.65. The average molecular weight is 420 g/mol. The van der Waals surface area contributed by atoms with E-state index in [9.17, 15) is 24.3 Å². The van der Waals surface area contributed by atoms with Gasteiger partial charge in [-0.3, -0.25) is 14.4 Å². The molecule has 7 nitrogen and oxygen atoms in total. The lowest BCUT2D eigenvalue weighted by Gasteiger charge is -2.17. The number of benzene rings is 1. The first-order chi connectivity index (χ1) is 12.3. The zero-order valence-electron chi connectivity index (χ0n) is 14.0. The van der Waals surface area contributed by atoms with Crippen LogP contribution in [0.5, 0.6) is 0 Å². The number of esters is 1. The summed E-state index contributed by atoms with van der Waals surface area (Å²) in [6.45, 7) is 2.75. The molecule has 0 fully saturated rings. The Morgan fingerprint density at radius 1 is 1.19 bits per heavy atom. The minimum absolute atomic E-state index is 0.0939. The summed E-state index contributed by atoms with van der Waals surface area (Å²) < 4.78 is 6.94. The molecule has 0 radical (unpaired) electrons. The number of hydrogen-bond donors (Lipinski definition) is 1. The Kier molecular flexibility index (Phi) is 4.53. The van der Waals surface area contributed by atoms with Crippen LogP contribution in [0.1, 0.15) is 43.8 Å². The van der Waals surface area contributed by atoms with Gasteiger partial charge in [0, 0.05) is 21.3 Å². The third-order valence-electron chi connectivity index (χ3n) is 4.21. The molecule has 0 saturated carbocycles. The van der Waals surface area contributed by atoms with Crippen molar-refractivity contribution in [1.82, 2.24) is 4.57 Å². The topological polar surface area (TPSA) is 103 Å². The molecule has 3 rings (SSSR count). The minimum Gasteiger partial charge on any atom is -0.480 e. The quantitative estimate of drug-likeness (QED) is 0.603. The van der Waals surface area contributed by atoms with Crippen molar-refractivity contribution in [2.45, 2.75) is 20.4 Å². The van der Waals surface area contributed by atoms with Crippen LogP contribution >= 0.6 is 15.9 Å². The predicted molar refractivity (Wildman–Crippen MR) is 94.6 cm³/mol. The maximum Gasteiger partial charge on any atom is 0.340 e. The van der Waals surface area contributed by atoms with E-state index in [-0.39, 0.29) is 34.7 Å². The van der Waals surface area contributed by atoms with Gasteiger partial charge in [0.2, 0.25) is 5.78 Å². The van der Waals surface area contributed by atoms with E-state index in [1.54, 1.807) is 19.1 Å². The summed E-state index contributed by atoms with van der Waals surface area (Å²) in [5.41, 5.74) is 1.08. The van der Waals surface area contributed by atoms with E-state index in [1.807, 2.05) is 0 Å². The number of Topliss-reactive ketones (excluding diaryl/α,β-unsaturated/α-hetero) is 2. The lowest BCUT2D eigenvalue weighted by Crippen LogP contribution is -2.25. The highest BCUT2D eigenvalue weighted by molar-refractivity contribution is 9.10. The molecule has 1 aromatic heterocycles. The number of nitrogens with zero attached hydrogens (tertiary/aromatic N) is 1. The fourth-order valence-electron chi connectivity index (χ4n) is 3.17. The Morgan fingerprint density at radius 3 is 2.50 bits per heavy atom. The lowest BCUT2D eigenvalue weighted by atomic mass is 9.86. The van der Waals surface area contributed by atoms with E-state index in [4.69, 9.17) is 4.74 Å². The Morgan fingerprint density at radius 2 is 1.88 bits per heavy atom. The number of carbonyl (C=O) groups is 4. The molecule has 0 amide bonds.